The number of hydrogen-bond acceptors (Lipinski definition) is 4. The van der Waals surface area contributed by atoms with Crippen molar-refractivity contribution in [2.24, 2.45) is 0 Å². The number of halogens is 2. The first kappa shape index (κ1) is 15.9. The van der Waals surface area contributed by atoms with E-state index in [0.29, 0.717) is 25.8 Å². The summed E-state index contributed by atoms with van der Waals surface area (Å²) in [4.78, 5) is 25.0. The molecule has 0 aliphatic heterocycles. The van der Waals surface area contributed by atoms with Gasteiger partial charge in [0.25, 0.3) is 5.91 Å². The summed E-state index contributed by atoms with van der Waals surface area (Å²) in [5.74, 6) is -1.47. The zero-order chi connectivity index (χ0) is 15.7. The number of rotatable bonds is 3. The van der Waals surface area contributed by atoms with Crippen LogP contribution in [0, 0.1) is 6.92 Å². The van der Waals surface area contributed by atoms with E-state index < -0.39 is 5.97 Å². The van der Waals surface area contributed by atoms with Crippen molar-refractivity contribution in [1.29, 1.82) is 0 Å². The van der Waals surface area contributed by atoms with Gasteiger partial charge in [-0.2, -0.15) is 4.37 Å². The highest BCUT2D eigenvalue weighted by Gasteiger charge is 2.24. The van der Waals surface area contributed by atoms with Gasteiger partial charge in [-0.15, -0.1) is 0 Å². The smallest absolute Gasteiger partial charge is 0.340 e. The first-order valence-electron chi connectivity index (χ1n) is 5.75. The van der Waals surface area contributed by atoms with Gasteiger partial charge in [0.2, 0.25) is 0 Å². The Hall–Kier alpha value is -1.44. The van der Waals surface area contributed by atoms with Gasteiger partial charge in [-0.1, -0.05) is 27.5 Å². The van der Waals surface area contributed by atoms with Crippen molar-refractivity contribution in [3.63, 3.8) is 0 Å². The maximum Gasteiger partial charge on any atom is 0.340 e. The molecule has 0 unspecified atom stereocenters. The van der Waals surface area contributed by atoms with Crippen LogP contribution >= 0.6 is 39.1 Å². The first-order chi connectivity index (χ1) is 9.81. The second-order valence-electron chi connectivity index (χ2n) is 4.28. The molecule has 0 atom stereocenters. The lowest BCUT2D eigenvalue weighted by Gasteiger charge is -2.16. The number of amides is 1. The molecule has 0 fully saturated rings. The minimum atomic E-state index is -1.11. The van der Waals surface area contributed by atoms with Gasteiger partial charge in [0, 0.05) is 22.1 Å². The number of carboxylic acid groups (broad SMARTS) is 1. The Morgan fingerprint density at radius 1 is 1.38 bits per heavy atom. The lowest BCUT2D eigenvalue weighted by molar-refractivity contribution is 0.0697. The molecule has 1 aromatic heterocycles. The molecule has 0 aliphatic rings. The maximum atomic E-state index is 12.5. The number of aromatic nitrogens is 1. The van der Waals surface area contributed by atoms with Crippen LogP contribution in [0.25, 0.3) is 0 Å². The van der Waals surface area contributed by atoms with E-state index in [2.05, 4.69) is 20.3 Å². The van der Waals surface area contributed by atoms with Crippen LogP contribution in [0.5, 0.6) is 0 Å². The van der Waals surface area contributed by atoms with E-state index in [9.17, 15) is 14.7 Å². The summed E-state index contributed by atoms with van der Waals surface area (Å²) in [7, 11) is 1.51. The van der Waals surface area contributed by atoms with Crippen molar-refractivity contribution in [2.75, 3.05) is 11.9 Å². The van der Waals surface area contributed by atoms with E-state index in [0.717, 1.165) is 11.5 Å². The van der Waals surface area contributed by atoms with Crippen LogP contribution in [0.15, 0.2) is 22.7 Å². The molecule has 1 amide bonds. The van der Waals surface area contributed by atoms with Gasteiger partial charge in [0.15, 0.2) is 0 Å². The molecule has 1 N–H and O–H groups in total. The van der Waals surface area contributed by atoms with Gasteiger partial charge >= 0.3 is 5.97 Å². The van der Waals surface area contributed by atoms with Crippen molar-refractivity contribution in [2.45, 2.75) is 6.92 Å². The average Bonchev–Trinajstić information content (AvgIpc) is 2.77. The number of carboxylic acids is 1. The fraction of sp³-hybridized carbons (Fsp3) is 0.154. The summed E-state index contributed by atoms with van der Waals surface area (Å²) >= 11 is 10.2. The van der Waals surface area contributed by atoms with Gasteiger partial charge in [0.05, 0.1) is 5.69 Å². The number of nitrogens with zero attached hydrogens (tertiary/aromatic N) is 2. The molecule has 8 heteroatoms. The highest BCUT2D eigenvalue weighted by Crippen LogP contribution is 2.29. The summed E-state index contributed by atoms with van der Waals surface area (Å²) in [6.45, 7) is 1.59. The molecule has 0 spiro atoms. The van der Waals surface area contributed by atoms with Crippen LogP contribution < -0.4 is 4.90 Å². The molecule has 0 radical (unpaired) electrons. The third-order valence-corrected chi connectivity index (χ3v) is 4.47. The molecule has 1 aromatic carbocycles. The van der Waals surface area contributed by atoms with Gasteiger partial charge in [-0.25, -0.2) is 4.79 Å². The van der Waals surface area contributed by atoms with E-state index in [-0.39, 0.29) is 11.5 Å². The molecule has 0 saturated heterocycles. The standard InChI is InChI=1S/C13H10BrClN2O3S/c1-6-10(13(19)20)12(21-16-6)17(2)11(18)7-3-8(14)5-9(15)4-7/h3-5H,1-2H3,(H,19,20). The van der Waals surface area contributed by atoms with Gasteiger partial charge in [-0.3, -0.25) is 4.79 Å². The van der Waals surface area contributed by atoms with Crippen molar-refractivity contribution in [1.82, 2.24) is 4.37 Å². The monoisotopic (exact) mass is 388 g/mol. The average molecular weight is 390 g/mol. The van der Waals surface area contributed by atoms with Gasteiger partial charge < -0.3 is 10.0 Å². The minimum Gasteiger partial charge on any atom is -0.478 e. The maximum absolute atomic E-state index is 12.5. The molecular weight excluding hydrogens is 380 g/mol. The Morgan fingerprint density at radius 2 is 2.05 bits per heavy atom. The number of benzene rings is 1. The van der Waals surface area contributed by atoms with Crippen molar-refractivity contribution in [3.8, 4) is 0 Å². The molecule has 2 aromatic rings. The summed E-state index contributed by atoms with van der Waals surface area (Å²) in [5.41, 5.74) is 0.783. The van der Waals surface area contributed by atoms with E-state index in [1.807, 2.05) is 0 Å². The normalized spacial score (nSPS) is 10.5. The Balaban J connectivity index is 2.42. The number of carbonyl (C=O) groups excluding carboxylic acids is 1. The van der Waals surface area contributed by atoms with Crippen LogP contribution in [-0.2, 0) is 0 Å². The minimum absolute atomic E-state index is 0.0388. The quantitative estimate of drug-likeness (QED) is 0.866. The van der Waals surface area contributed by atoms with Crippen LogP contribution in [0.2, 0.25) is 5.02 Å². The molecule has 110 valence electrons. The summed E-state index contributed by atoms with van der Waals surface area (Å²) in [6.07, 6.45) is 0. The Kier molecular flexibility index (Phi) is 4.65. The van der Waals surface area contributed by atoms with Crippen LogP contribution in [0.1, 0.15) is 26.4 Å². The van der Waals surface area contributed by atoms with Crippen molar-refractivity contribution >= 4 is 55.9 Å². The summed E-state index contributed by atoms with van der Waals surface area (Å²) in [5, 5.41) is 9.93. The Morgan fingerprint density at radius 3 is 2.62 bits per heavy atom. The second-order valence-corrected chi connectivity index (χ2v) is 6.38. The largest absolute Gasteiger partial charge is 0.478 e. The molecule has 2 rings (SSSR count). The highest BCUT2D eigenvalue weighted by atomic mass is 79.9. The third kappa shape index (κ3) is 3.25. The number of aryl methyl sites for hydroxylation is 1. The molecular formula is C13H10BrClN2O3S. The van der Waals surface area contributed by atoms with E-state index in [1.165, 1.54) is 18.0 Å². The topological polar surface area (TPSA) is 70.5 Å². The highest BCUT2D eigenvalue weighted by molar-refractivity contribution is 9.10. The predicted octanol–water partition coefficient (Wildman–Crippen LogP) is 3.84. The van der Waals surface area contributed by atoms with Crippen LogP contribution in [-0.4, -0.2) is 28.4 Å². The zero-order valence-electron chi connectivity index (χ0n) is 11.1. The van der Waals surface area contributed by atoms with E-state index >= 15 is 0 Å². The molecule has 5 nitrogen and oxygen atoms in total. The van der Waals surface area contributed by atoms with Crippen LogP contribution in [0.4, 0.5) is 5.00 Å². The van der Waals surface area contributed by atoms with E-state index in [4.69, 9.17) is 11.6 Å². The lowest BCUT2D eigenvalue weighted by Crippen LogP contribution is -2.27. The van der Waals surface area contributed by atoms with Crippen molar-refractivity contribution < 1.29 is 14.7 Å². The molecule has 1 heterocycles. The molecule has 0 aliphatic carbocycles. The number of hydrogen-bond donors (Lipinski definition) is 1. The molecule has 0 saturated carbocycles. The first-order valence-corrected chi connectivity index (χ1v) is 7.69. The Labute approximate surface area is 138 Å². The summed E-state index contributed by atoms with van der Waals surface area (Å²) in [6, 6.07) is 4.82. The van der Waals surface area contributed by atoms with Gasteiger partial charge in [0.1, 0.15) is 10.6 Å². The molecule has 0 bridgehead atoms. The number of carbonyl (C=O) groups is 2. The summed E-state index contributed by atoms with van der Waals surface area (Å²) < 4.78 is 4.67. The SMILES string of the molecule is Cc1nsc(N(C)C(=O)c2cc(Cl)cc(Br)c2)c1C(=O)O. The Bertz CT molecular complexity index is 712. The second kappa shape index (κ2) is 6.13. The van der Waals surface area contributed by atoms with E-state index in [1.54, 1.807) is 19.1 Å². The van der Waals surface area contributed by atoms with Crippen molar-refractivity contribution in [3.05, 3.63) is 44.5 Å². The predicted molar refractivity (Wildman–Crippen MR) is 85.7 cm³/mol. The third-order valence-electron chi connectivity index (χ3n) is 2.78. The fourth-order valence-corrected chi connectivity index (χ4v) is 3.50. The van der Waals surface area contributed by atoms with Crippen LogP contribution in [0.3, 0.4) is 0 Å². The zero-order valence-corrected chi connectivity index (χ0v) is 14.2. The molecule has 21 heavy (non-hydrogen) atoms. The fourth-order valence-electron chi connectivity index (χ4n) is 1.80. The number of anilines is 1. The van der Waals surface area contributed by atoms with Gasteiger partial charge in [-0.05, 0) is 36.7 Å². The number of aromatic carboxylic acids is 1. The lowest BCUT2D eigenvalue weighted by atomic mass is 10.2.